The number of carbonyl (C=O) groups is 1. The normalized spacial score (nSPS) is 18.7. The lowest BCUT2D eigenvalue weighted by Crippen LogP contribution is -2.41. The van der Waals surface area contributed by atoms with Gasteiger partial charge >= 0.3 is 0 Å². The number of nitrogens with one attached hydrogen (secondary N) is 3. The summed E-state index contributed by atoms with van der Waals surface area (Å²) in [4.78, 5) is 14.5. The van der Waals surface area contributed by atoms with Gasteiger partial charge in [-0.3, -0.25) is 14.8 Å². The van der Waals surface area contributed by atoms with Crippen molar-refractivity contribution in [2.24, 2.45) is 0 Å². The molecule has 2 aliphatic rings. The molecule has 0 spiro atoms. The zero-order valence-corrected chi connectivity index (χ0v) is 12.8. The van der Waals surface area contributed by atoms with Crippen LogP contribution in [-0.2, 0) is 17.7 Å². The van der Waals surface area contributed by atoms with Crippen molar-refractivity contribution in [3.8, 4) is 0 Å². The molecule has 3 rings (SSSR count). The summed E-state index contributed by atoms with van der Waals surface area (Å²) in [7, 11) is 0. The molecule has 0 aliphatic carbocycles. The average Bonchev–Trinajstić information content (AvgIpc) is 2.92. The molecule has 3 heterocycles. The molecule has 1 saturated heterocycles. The van der Waals surface area contributed by atoms with Crippen LogP contribution in [0.2, 0.25) is 0 Å². The Morgan fingerprint density at radius 1 is 1.38 bits per heavy atom. The van der Waals surface area contributed by atoms with Crippen LogP contribution in [0.25, 0.3) is 0 Å². The van der Waals surface area contributed by atoms with Crippen molar-refractivity contribution in [2.45, 2.75) is 13.0 Å². The minimum absolute atomic E-state index is 0. The zero-order chi connectivity index (χ0) is 13.8. The van der Waals surface area contributed by atoms with E-state index < -0.39 is 0 Å². The Labute approximate surface area is 130 Å². The van der Waals surface area contributed by atoms with Gasteiger partial charge in [-0.1, -0.05) is 0 Å². The second-order valence-corrected chi connectivity index (χ2v) is 5.17. The van der Waals surface area contributed by atoms with Crippen molar-refractivity contribution in [3.63, 3.8) is 0 Å². The Kier molecular flexibility index (Phi) is 5.98. The molecule has 7 nitrogen and oxygen atoms in total. The zero-order valence-electron chi connectivity index (χ0n) is 12.0. The standard InChI is InChI=1S/C13H21N5O2.ClH/c19-13(15-3-4-18-5-7-20-8-6-18)12-10-9-14-2-1-11(10)16-17-12;/h14H,1-9H2,(H,15,19)(H,16,17);1H. The fraction of sp³-hybridized carbons (Fsp3) is 0.692. The number of rotatable bonds is 4. The van der Waals surface area contributed by atoms with Gasteiger partial charge in [-0.2, -0.15) is 5.10 Å². The minimum atomic E-state index is -0.0838. The summed E-state index contributed by atoms with van der Waals surface area (Å²) < 4.78 is 5.30. The Balaban J connectivity index is 0.00000161. The highest BCUT2D eigenvalue weighted by atomic mass is 35.5. The van der Waals surface area contributed by atoms with Gasteiger partial charge in [-0.25, -0.2) is 0 Å². The van der Waals surface area contributed by atoms with Gasteiger partial charge in [0.1, 0.15) is 0 Å². The number of hydrogen-bond acceptors (Lipinski definition) is 5. The van der Waals surface area contributed by atoms with Crippen molar-refractivity contribution in [1.82, 2.24) is 25.7 Å². The number of amides is 1. The average molecular weight is 316 g/mol. The van der Waals surface area contributed by atoms with Crippen LogP contribution < -0.4 is 10.6 Å². The summed E-state index contributed by atoms with van der Waals surface area (Å²) in [6.45, 7) is 6.62. The van der Waals surface area contributed by atoms with Crippen LogP contribution in [0.5, 0.6) is 0 Å². The fourth-order valence-corrected chi connectivity index (χ4v) is 2.65. The highest BCUT2D eigenvalue weighted by Crippen LogP contribution is 2.14. The van der Waals surface area contributed by atoms with Crippen molar-refractivity contribution >= 4 is 18.3 Å². The maximum Gasteiger partial charge on any atom is 0.272 e. The Morgan fingerprint density at radius 2 is 2.19 bits per heavy atom. The summed E-state index contributed by atoms with van der Waals surface area (Å²) >= 11 is 0. The first-order valence-electron chi connectivity index (χ1n) is 7.20. The van der Waals surface area contributed by atoms with E-state index >= 15 is 0 Å². The molecule has 1 aromatic rings. The summed E-state index contributed by atoms with van der Waals surface area (Å²) in [6.07, 6.45) is 0.906. The van der Waals surface area contributed by atoms with Crippen LogP contribution in [0.15, 0.2) is 0 Å². The van der Waals surface area contributed by atoms with Crippen molar-refractivity contribution in [3.05, 3.63) is 17.0 Å². The van der Waals surface area contributed by atoms with E-state index in [9.17, 15) is 4.79 Å². The monoisotopic (exact) mass is 315 g/mol. The molecule has 0 saturated carbocycles. The molecule has 118 valence electrons. The molecule has 0 atom stereocenters. The third kappa shape index (κ3) is 3.94. The van der Waals surface area contributed by atoms with E-state index in [2.05, 4.69) is 25.7 Å². The van der Waals surface area contributed by atoms with Gasteiger partial charge in [0.15, 0.2) is 5.69 Å². The van der Waals surface area contributed by atoms with E-state index in [1.807, 2.05) is 0 Å². The van der Waals surface area contributed by atoms with Gasteiger partial charge in [0.2, 0.25) is 0 Å². The quantitative estimate of drug-likeness (QED) is 0.700. The topological polar surface area (TPSA) is 82.3 Å². The van der Waals surface area contributed by atoms with Crippen LogP contribution in [0.4, 0.5) is 0 Å². The molecule has 0 radical (unpaired) electrons. The Bertz CT molecular complexity index is 473. The molecule has 3 N–H and O–H groups in total. The van der Waals surface area contributed by atoms with Crippen molar-refractivity contribution in [1.29, 1.82) is 0 Å². The van der Waals surface area contributed by atoms with Crippen LogP contribution in [0.1, 0.15) is 21.7 Å². The second-order valence-electron chi connectivity index (χ2n) is 5.17. The van der Waals surface area contributed by atoms with Crippen molar-refractivity contribution in [2.75, 3.05) is 45.9 Å². The molecular formula is C13H22ClN5O2. The highest BCUT2D eigenvalue weighted by molar-refractivity contribution is 5.94. The number of carbonyl (C=O) groups excluding carboxylic acids is 1. The molecule has 21 heavy (non-hydrogen) atoms. The number of aromatic amines is 1. The third-order valence-corrected chi connectivity index (χ3v) is 3.84. The molecule has 8 heteroatoms. The van der Waals surface area contributed by atoms with Crippen LogP contribution >= 0.6 is 12.4 Å². The first kappa shape index (κ1) is 16.2. The van der Waals surface area contributed by atoms with E-state index in [0.29, 0.717) is 12.2 Å². The summed E-state index contributed by atoms with van der Waals surface area (Å²) in [5.74, 6) is -0.0838. The SMILES string of the molecule is Cl.O=C(NCCN1CCOCC1)c1n[nH]c2c1CNCC2. The van der Waals surface area contributed by atoms with Crippen LogP contribution in [0, 0.1) is 0 Å². The number of H-pyrrole nitrogens is 1. The van der Waals surface area contributed by atoms with Crippen LogP contribution in [0.3, 0.4) is 0 Å². The largest absolute Gasteiger partial charge is 0.379 e. The number of fused-ring (bicyclic) bond motifs is 1. The Morgan fingerprint density at radius 3 is 3.00 bits per heavy atom. The van der Waals surface area contributed by atoms with E-state index in [-0.39, 0.29) is 18.3 Å². The van der Waals surface area contributed by atoms with Gasteiger partial charge < -0.3 is 15.4 Å². The molecule has 0 unspecified atom stereocenters. The van der Waals surface area contributed by atoms with Gasteiger partial charge in [-0.15, -0.1) is 12.4 Å². The fourth-order valence-electron chi connectivity index (χ4n) is 2.65. The maximum atomic E-state index is 12.2. The molecule has 1 aromatic heterocycles. The smallest absolute Gasteiger partial charge is 0.272 e. The maximum absolute atomic E-state index is 12.2. The lowest BCUT2D eigenvalue weighted by Gasteiger charge is -2.26. The highest BCUT2D eigenvalue weighted by Gasteiger charge is 2.21. The number of ether oxygens (including phenoxy) is 1. The molecule has 1 fully saturated rings. The van der Waals surface area contributed by atoms with E-state index in [0.717, 1.165) is 63.6 Å². The number of halogens is 1. The summed E-state index contributed by atoms with van der Waals surface area (Å²) in [5, 5.41) is 13.3. The van der Waals surface area contributed by atoms with Crippen LogP contribution in [-0.4, -0.2) is 66.9 Å². The number of morpholine rings is 1. The molecule has 1 amide bonds. The van der Waals surface area contributed by atoms with E-state index in [1.165, 1.54) is 0 Å². The number of aromatic nitrogens is 2. The lowest BCUT2D eigenvalue weighted by atomic mass is 10.1. The molecular weight excluding hydrogens is 294 g/mol. The minimum Gasteiger partial charge on any atom is -0.379 e. The van der Waals surface area contributed by atoms with Gasteiger partial charge in [0, 0.05) is 56.9 Å². The van der Waals surface area contributed by atoms with E-state index in [4.69, 9.17) is 4.74 Å². The molecule has 0 aromatic carbocycles. The summed E-state index contributed by atoms with van der Waals surface area (Å²) in [6, 6.07) is 0. The summed E-state index contributed by atoms with van der Waals surface area (Å²) in [5.41, 5.74) is 2.64. The van der Waals surface area contributed by atoms with Gasteiger partial charge in [-0.05, 0) is 0 Å². The van der Waals surface area contributed by atoms with Gasteiger partial charge in [0.25, 0.3) is 5.91 Å². The first-order chi connectivity index (χ1) is 9.84. The predicted octanol–water partition coefficient (Wildman–Crippen LogP) is -0.461. The number of hydrogen-bond donors (Lipinski definition) is 3. The number of nitrogens with zero attached hydrogens (tertiary/aromatic N) is 2. The van der Waals surface area contributed by atoms with E-state index in [1.54, 1.807) is 0 Å². The molecule has 0 bridgehead atoms. The second kappa shape index (κ2) is 7.74. The van der Waals surface area contributed by atoms with Gasteiger partial charge in [0.05, 0.1) is 13.2 Å². The lowest BCUT2D eigenvalue weighted by molar-refractivity contribution is 0.0383. The predicted molar refractivity (Wildman–Crippen MR) is 80.8 cm³/mol. The van der Waals surface area contributed by atoms with Crippen molar-refractivity contribution < 1.29 is 9.53 Å². The Hall–Kier alpha value is -1.15. The third-order valence-electron chi connectivity index (χ3n) is 3.84. The first-order valence-corrected chi connectivity index (χ1v) is 7.20. The molecule has 2 aliphatic heterocycles.